The van der Waals surface area contributed by atoms with Crippen molar-refractivity contribution in [1.29, 1.82) is 0 Å². The minimum absolute atomic E-state index is 0.136. The zero-order valence-electron chi connectivity index (χ0n) is 16.5. The van der Waals surface area contributed by atoms with Crippen LogP contribution in [0.4, 0.5) is 30.7 Å². The molecule has 0 N–H and O–H groups in total. The van der Waals surface area contributed by atoms with Gasteiger partial charge in [-0.15, -0.1) is 0 Å². The molecular weight excluding hydrogens is 413 g/mol. The number of hydrogen-bond acceptors (Lipinski definition) is 1. The maximum atomic E-state index is 14.5. The van der Waals surface area contributed by atoms with Gasteiger partial charge in [0.25, 0.3) is 0 Å². The molecular formula is C22H21F7O. The fourth-order valence-corrected chi connectivity index (χ4v) is 3.97. The van der Waals surface area contributed by atoms with Gasteiger partial charge < -0.3 is 4.74 Å². The second-order valence-corrected chi connectivity index (χ2v) is 7.71. The number of halogens is 7. The predicted molar refractivity (Wildman–Crippen MR) is 96.9 cm³/mol. The molecule has 0 aliphatic heterocycles. The lowest BCUT2D eigenvalue weighted by atomic mass is 9.77. The maximum Gasteiger partial charge on any atom is 0.432 e. The van der Waals surface area contributed by atoms with Gasteiger partial charge in [-0.2, -0.15) is 8.78 Å². The highest BCUT2D eigenvalue weighted by molar-refractivity contribution is 5.37. The van der Waals surface area contributed by atoms with Gasteiger partial charge in [0.2, 0.25) is 0 Å². The van der Waals surface area contributed by atoms with Gasteiger partial charge in [0.15, 0.2) is 17.5 Å². The van der Waals surface area contributed by atoms with Gasteiger partial charge in [-0.25, -0.2) is 22.0 Å². The normalized spacial score (nSPS) is 19.8. The van der Waals surface area contributed by atoms with Crippen LogP contribution in [0.3, 0.4) is 0 Å². The van der Waals surface area contributed by atoms with Crippen molar-refractivity contribution in [3.8, 4) is 5.75 Å². The Hall–Kier alpha value is -2.25. The molecule has 0 saturated heterocycles. The van der Waals surface area contributed by atoms with Crippen molar-refractivity contribution in [2.45, 2.75) is 58.0 Å². The summed E-state index contributed by atoms with van der Waals surface area (Å²) in [6.07, 6.45) is -0.358. The minimum atomic E-state index is -4.58. The van der Waals surface area contributed by atoms with Gasteiger partial charge in [0, 0.05) is 11.6 Å². The largest absolute Gasteiger partial charge is 0.432 e. The van der Waals surface area contributed by atoms with Gasteiger partial charge in [0.05, 0.1) is 0 Å². The Balaban J connectivity index is 1.90. The summed E-state index contributed by atoms with van der Waals surface area (Å²) in [6, 6.07) is 1.91. The van der Waals surface area contributed by atoms with E-state index in [0.717, 1.165) is 38.3 Å². The van der Waals surface area contributed by atoms with E-state index in [1.807, 2.05) is 0 Å². The first-order chi connectivity index (χ1) is 14.0. The van der Waals surface area contributed by atoms with E-state index in [0.29, 0.717) is 18.8 Å². The summed E-state index contributed by atoms with van der Waals surface area (Å²) < 4.78 is 103. The summed E-state index contributed by atoms with van der Waals surface area (Å²) in [5.74, 6) is -9.03. The van der Waals surface area contributed by atoms with E-state index < -0.39 is 52.1 Å². The van der Waals surface area contributed by atoms with Crippen LogP contribution in [-0.2, 0) is 6.11 Å². The molecule has 0 spiro atoms. The quantitative estimate of drug-likeness (QED) is 0.350. The molecule has 30 heavy (non-hydrogen) atoms. The average Bonchev–Trinajstić information content (AvgIpc) is 2.69. The summed E-state index contributed by atoms with van der Waals surface area (Å²) in [6.45, 7) is 2.95. The second kappa shape index (κ2) is 8.47. The van der Waals surface area contributed by atoms with Crippen LogP contribution in [0.5, 0.6) is 5.75 Å². The van der Waals surface area contributed by atoms with Gasteiger partial charge in [-0.1, -0.05) is 13.3 Å². The van der Waals surface area contributed by atoms with Crippen molar-refractivity contribution in [2.75, 3.05) is 0 Å². The second-order valence-electron chi connectivity index (χ2n) is 7.71. The predicted octanol–water partition coefficient (Wildman–Crippen LogP) is 7.50. The van der Waals surface area contributed by atoms with Crippen molar-refractivity contribution < 1.29 is 35.5 Å². The van der Waals surface area contributed by atoms with Crippen LogP contribution in [0, 0.1) is 41.9 Å². The number of hydrogen-bond donors (Lipinski definition) is 0. The van der Waals surface area contributed by atoms with Crippen LogP contribution in [-0.4, -0.2) is 0 Å². The summed E-state index contributed by atoms with van der Waals surface area (Å²) in [4.78, 5) is 0. The van der Waals surface area contributed by atoms with Gasteiger partial charge in [-0.3, -0.25) is 0 Å². The van der Waals surface area contributed by atoms with Crippen molar-refractivity contribution in [1.82, 2.24) is 0 Å². The van der Waals surface area contributed by atoms with E-state index in [2.05, 4.69) is 11.7 Å². The Kier molecular flexibility index (Phi) is 6.34. The van der Waals surface area contributed by atoms with Crippen LogP contribution in [0.2, 0.25) is 0 Å². The molecule has 2 aromatic rings. The molecule has 0 heterocycles. The molecule has 1 saturated carbocycles. The molecule has 0 amide bonds. The molecule has 0 unspecified atom stereocenters. The molecule has 0 atom stereocenters. The van der Waals surface area contributed by atoms with E-state index in [9.17, 15) is 30.7 Å². The zero-order chi connectivity index (χ0) is 22.2. The third-order valence-corrected chi connectivity index (χ3v) is 5.85. The molecule has 3 rings (SSSR count). The Morgan fingerprint density at radius 1 is 0.867 bits per heavy atom. The number of ether oxygens (including phenoxy) is 1. The Morgan fingerprint density at radius 2 is 1.43 bits per heavy atom. The summed E-state index contributed by atoms with van der Waals surface area (Å²) in [5.41, 5.74) is -2.13. The fraction of sp³-hybridized carbons (Fsp3) is 0.455. The van der Waals surface area contributed by atoms with E-state index in [1.54, 1.807) is 0 Å². The molecule has 0 radical (unpaired) electrons. The van der Waals surface area contributed by atoms with Gasteiger partial charge >= 0.3 is 6.11 Å². The fourth-order valence-electron chi connectivity index (χ4n) is 3.97. The molecule has 8 heteroatoms. The zero-order valence-corrected chi connectivity index (χ0v) is 16.5. The molecule has 2 aromatic carbocycles. The van der Waals surface area contributed by atoms with Crippen molar-refractivity contribution in [3.05, 3.63) is 64.0 Å². The minimum Gasteiger partial charge on any atom is -0.428 e. The first kappa shape index (κ1) is 22.4. The highest BCUT2D eigenvalue weighted by Crippen LogP contribution is 2.41. The maximum absolute atomic E-state index is 14.5. The van der Waals surface area contributed by atoms with Gasteiger partial charge in [0.1, 0.15) is 22.9 Å². The highest BCUT2D eigenvalue weighted by Gasteiger charge is 2.42. The van der Waals surface area contributed by atoms with Crippen LogP contribution in [0.15, 0.2) is 18.2 Å². The Bertz CT molecular complexity index is 911. The highest BCUT2D eigenvalue weighted by atomic mass is 19.3. The summed E-state index contributed by atoms with van der Waals surface area (Å²) in [5, 5.41) is 0. The van der Waals surface area contributed by atoms with Crippen LogP contribution in [0.25, 0.3) is 0 Å². The average molecular weight is 434 g/mol. The summed E-state index contributed by atoms with van der Waals surface area (Å²) in [7, 11) is 0. The lowest BCUT2D eigenvalue weighted by molar-refractivity contribution is -0.190. The lowest BCUT2D eigenvalue weighted by Crippen LogP contribution is -2.26. The molecule has 1 fully saturated rings. The van der Waals surface area contributed by atoms with Crippen molar-refractivity contribution >= 4 is 0 Å². The standard InChI is InChI=1S/C22H21F7O/c1-3-12-4-6-13(7-5-12)14-8-15(23)19(16(24)9-14)22(28,29)30-18-10-17(25)21(27)20(26)11(18)2/h8-10,12-13H,3-7H2,1-2H3. The Labute approximate surface area is 169 Å². The first-order valence-corrected chi connectivity index (χ1v) is 9.75. The molecule has 1 aliphatic rings. The number of benzene rings is 2. The molecule has 0 aromatic heterocycles. The molecule has 0 bridgehead atoms. The molecule has 1 nitrogen and oxygen atoms in total. The van der Waals surface area contributed by atoms with Crippen molar-refractivity contribution in [3.63, 3.8) is 0 Å². The molecule has 1 aliphatic carbocycles. The SMILES string of the molecule is CCC1CCC(c2cc(F)c(C(F)(F)Oc3cc(F)c(F)c(F)c3C)c(F)c2)CC1. The number of alkyl halides is 2. The van der Waals surface area contributed by atoms with E-state index >= 15 is 0 Å². The smallest absolute Gasteiger partial charge is 0.428 e. The van der Waals surface area contributed by atoms with E-state index in [-0.39, 0.29) is 17.5 Å². The Morgan fingerprint density at radius 3 is 1.97 bits per heavy atom. The lowest BCUT2D eigenvalue weighted by Gasteiger charge is -2.28. The molecule has 164 valence electrons. The van der Waals surface area contributed by atoms with Gasteiger partial charge in [-0.05, 0) is 62.1 Å². The third-order valence-electron chi connectivity index (χ3n) is 5.85. The van der Waals surface area contributed by atoms with Crippen molar-refractivity contribution in [2.24, 2.45) is 5.92 Å². The topological polar surface area (TPSA) is 9.23 Å². The van der Waals surface area contributed by atoms with E-state index in [1.165, 1.54) is 0 Å². The van der Waals surface area contributed by atoms with Crippen LogP contribution < -0.4 is 4.74 Å². The monoisotopic (exact) mass is 434 g/mol. The van der Waals surface area contributed by atoms with Crippen LogP contribution >= 0.6 is 0 Å². The first-order valence-electron chi connectivity index (χ1n) is 9.75. The van der Waals surface area contributed by atoms with E-state index in [4.69, 9.17) is 0 Å². The van der Waals surface area contributed by atoms with Crippen LogP contribution in [0.1, 0.15) is 61.6 Å². The summed E-state index contributed by atoms with van der Waals surface area (Å²) >= 11 is 0. The third kappa shape index (κ3) is 4.27. The number of rotatable bonds is 5.